The highest BCUT2D eigenvalue weighted by molar-refractivity contribution is 5.11. The quantitative estimate of drug-likeness (QED) is 0.775. The lowest BCUT2D eigenvalue weighted by molar-refractivity contribution is -0.0714. The molecule has 0 aromatic rings. The second-order valence-corrected chi connectivity index (χ2v) is 5.63. The minimum Gasteiger partial charge on any atom is -0.389 e. The Bertz CT molecular complexity index is 244. The van der Waals surface area contributed by atoms with Crippen molar-refractivity contribution >= 4 is 0 Å². The van der Waals surface area contributed by atoms with Crippen molar-refractivity contribution in [1.82, 2.24) is 0 Å². The third-order valence-corrected chi connectivity index (χ3v) is 3.76. The summed E-state index contributed by atoms with van der Waals surface area (Å²) in [5.41, 5.74) is -1.31. The van der Waals surface area contributed by atoms with Crippen LogP contribution in [0.2, 0.25) is 0 Å². The first-order chi connectivity index (χ1) is 6.93. The van der Waals surface area contributed by atoms with Crippen LogP contribution in [0, 0.1) is 22.7 Å². The monoisotopic (exact) mass is 209 g/mol. The standard InChI is InChI=1S/C13H23NO/c1-11(2)9-12(3,15)13(10-14)7-5-4-6-8-13/h11,15H,4-9H2,1-3H3. The summed E-state index contributed by atoms with van der Waals surface area (Å²) in [6.07, 6.45) is 5.83. The highest BCUT2D eigenvalue weighted by Gasteiger charge is 2.47. The summed E-state index contributed by atoms with van der Waals surface area (Å²) in [7, 11) is 0. The van der Waals surface area contributed by atoms with Gasteiger partial charge in [-0.15, -0.1) is 0 Å². The molecule has 15 heavy (non-hydrogen) atoms. The molecular weight excluding hydrogens is 186 g/mol. The summed E-state index contributed by atoms with van der Waals surface area (Å²) in [6, 6.07) is 2.41. The van der Waals surface area contributed by atoms with Gasteiger partial charge >= 0.3 is 0 Å². The lowest BCUT2D eigenvalue weighted by atomic mass is 9.62. The molecule has 2 heteroatoms. The second-order valence-electron chi connectivity index (χ2n) is 5.63. The third-order valence-electron chi connectivity index (χ3n) is 3.76. The molecule has 86 valence electrons. The van der Waals surface area contributed by atoms with Gasteiger partial charge in [0.2, 0.25) is 0 Å². The minimum absolute atomic E-state index is 0.437. The van der Waals surface area contributed by atoms with Crippen LogP contribution in [-0.4, -0.2) is 10.7 Å². The van der Waals surface area contributed by atoms with E-state index in [1.165, 1.54) is 6.42 Å². The van der Waals surface area contributed by atoms with Crippen LogP contribution < -0.4 is 0 Å². The van der Waals surface area contributed by atoms with Gasteiger partial charge < -0.3 is 5.11 Å². The van der Waals surface area contributed by atoms with E-state index in [4.69, 9.17) is 0 Å². The van der Waals surface area contributed by atoms with E-state index in [0.717, 1.165) is 32.1 Å². The summed E-state index contributed by atoms with van der Waals surface area (Å²) >= 11 is 0. The van der Waals surface area contributed by atoms with Crippen molar-refractivity contribution in [3.8, 4) is 6.07 Å². The minimum atomic E-state index is -0.823. The molecule has 0 bridgehead atoms. The second kappa shape index (κ2) is 4.53. The Labute approximate surface area is 93.3 Å². The van der Waals surface area contributed by atoms with E-state index in [-0.39, 0.29) is 0 Å². The van der Waals surface area contributed by atoms with Gasteiger partial charge in [-0.2, -0.15) is 5.26 Å². The Morgan fingerprint density at radius 1 is 1.33 bits per heavy atom. The van der Waals surface area contributed by atoms with Crippen LogP contribution in [0.4, 0.5) is 0 Å². The van der Waals surface area contributed by atoms with E-state index >= 15 is 0 Å². The van der Waals surface area contributed by atoms with Crippen LogP contribution in [0.5, 0.6) is 0 Å². The number of hydrogen-bond acceptors (Lipinski definition) is 2. The number of nitrogens with zero attached hydrogens (tertiary/aromatic N) is 1. The zero-order valence-electron chi connectivity index (χ0n) is 10.2. The van der Waals surface area contributed by atoms with Gasteiger partial charge in [0.25, 0.3) is 0 Å². The number of rotatable bonds is 3. The summed E-state index contributed by atoms with van der Waals surface area (Å²) in [5, 5.41) is 19.9. The van der Waals surface area contributed by atoms with Crippen molar-refractivity contribution in [2.24, 2.45) is 11.3 Å². The highest BCUT2D eigenvalue weighted by atomic mass is 16.3. The zero-order chi connectivity index (χ0) is 11.5. The molecule has 0 saturated heterocycles. The highest BCUT2D eigenvalue weighted by Crippen LogP contribution is 2.46. The average molecular weight is 209 g/mol. The molecule has 1 fully saturated rings. The molecule has 0 radical (unpaired) electrons. The first-order valence-electron chi connectivity index (χ1n) is 6.07. The Balaban J connectivity index is 2.84. The zero-order valence-corrected chi connectivity index (χ0v) is 10.2. The number of nitriles is 1. The molecule has 1 saturated carbocycles. The average Bonchev–Trinajstić information content (AvgIpc) is 2.16. The Morgan fingerprint density at radius 2 is 1.87 bits per heavy atom. The van der Waals surface area contributed by atoms with Gasteiger partial charge in [0.1, 0.15) is 0 Å². The molecular formula is C13H23NO. The van der Waals surface area contributed by atoms with Crippen LogP contribution in [-0.2, 0) is 0 Å². The van der Waals surface area contributed by atoms with Crippen molar-refractivity contribution in [2.45, 2.75) is 64.9 Å². The van der Waals surface area contributed by atoms with Crippen molar-refractivity contribution in [1.29, 1.82) is 5.26 Å². The molecule has 1 aliphatic carbocycles. The maximum atomic E-state index is 10.5. The smallest absolute Gasteiger partial charge is 0.0857 e. The van der Waals surface area contributed by atoms with Gasteiger partial charge in [0, 0.05) is 0 Å². The first-order valence-corrected chi connectivity index (χ1v) is 6.07. The van der Waals surface area contributed by atoms with Gasteiger partial charge in [0.05, 0.1) is 17.1 Å². The molecule has 0 spiro atoms. The molecule has 2 nitrogen and oxygen atoms in total. The SMILES string of the molecule is CC(C)CC(C)(O)C1(C#N)CCCCC1. The van der Waals surface area contributed by atoms with Crippen LogP contribution in [0.3, 0.4) is 0 Å². The normalized spacial score (nSPS) is 24.5. The third kappa shape index (κ3) is 2.52. The van der Waals surface area contributed by atoms with Gasteiger partial charge in [-0.3, -0.25) is 0 Å². The molecule has 1 atom stereocenters. The fourth-order valence-electron chi connectivity index (χ4n) is 2.92. The molecule has 0 aromatic heterocycles. The van der Waals surface area contributed by atoms with E-state index in [0.29, 0.717) is 5.92 Å². The lowest BCUT2D eigenvalue weighted by Gasteiger charge is -2.43. The summed E-state index contributed by atoms with van der Waals surface area (Å²) in [4.78, 5) is 0. The molecule has 0 aliphatic heterocycles. The molecule has 1 unspecified atom stereocenters. The van der Waals surface area contributed by atoms with E-state index in [2.05, 4.69) is 19.9 Å². The van der Waals surface area contributed by atoms with Crippen LogP contribution >= 0.6 is 0 Å². The van der Waals surface area contributed by atoms with E-state index < -0.39 is 11.0 Å². The predicted octanol–water partition coefficient (Wildman–Crippen LogP) is 3.26. The number of aliphatic hydroxyl groups is 1. The maximum Gasteiger partial charge on any atom is 0.0857 e. The molecule has 1 rings (SSSR count). The van der Waals surface area contributed by atoms with Gasteiger partial charge in [0.15, 0.2) is 0 Å². The maximum absolute atomic E-state index is 10.5. The van der Waals surface area contributed by atoms with Crippen molar-refractivity contribution in [2.75, 3.05) is 0 Å². The molecule has 1 N–H and O–H groups in total. The molecule has 0 amide bonds. The van der Waals surface area contributed by atoms with Crippen molar-refractivity contribution in [3.05, 3.63) is 0 Å². The van der Waals surface area contributed by atoms with Gasteiger partial charge in [-0.05, 0) is 32.1 Å². The summed E-state index contributed by atoms with van der Waals surface area (Å²) < 4.78 is 0. The lowest BCUT2D eigenvalue weighted by Crippen LogP contribution is -2.47. The van der Waals surface area contributed by atoms with Crippen LogP contribution in [0.25, 0.3) is 0 Å². The number of hydrogen-bond donors (Lipinski definition) is 1. The van der Waals surface area contributed by atoms with Gasteiger partial charge in [-0.25, -0.2) is 0 Å². The first kappa shape index (κ1) is 12.5. The fraction of sp³-hybridized carbons (Fsp3) is 0.923. The molecule has 0 aromatic carbocycles. The van der Waals surface area contributed by atoms with E-state index in [1.54, 1.807) is 0 Å². The van der Waals surface area contributed by atoms with E-state index in [1.807, 2.05) is 6.92 Å². The molecule has 1 aliphatic rings. The van der Waals surface area contributed by atoms with Crippen LogP contribution in [0.15, 0.2) is 0 Å². The topological polar surface area (TPSA) is 44.0 Å². The Kier molecular flexibility index (Phi) is 3.78. The summed E-state index contributed by atoms with van der Waals surface area (Å²) in [6.45, 7) is 6.05. The molecule has 0 heterocycles. The predicted molar refractivity (Wildman–Crippen MR) is 61.2 cm³/mol. The van der Waals surface area contributed by atoms with Crippen molar-refractivity contribution < 1.29 is 5.11 Å². The Morgan fingerprint density at radius 3 is 2.27 bits per heavy atom. The summed E-state index contributed by atoms with van der Waals surface area (Å²) in [5.74, 6) is 0.437. The van der Waals surface area contributed by atoms with E-state index in [9.17, 15) is 10.4 Å². The van der Waals surface area contributed by atoms with Crippen molar-refractivity contribution in [3.63, 3.8) is 0 Å². The Hall–Kier alpha value is -0.550. The van der Waals surface area contributed by atoms with Gasteiger partial charge in [-0.1, -0.05) is 33.1 Å². The largest absolute Gasteiger partial charge is 0.389 e. The van der Waals surface area contributed by atoms with Crippen LogP contribution in [0.1, 0.15) is 59.3 Å². The fourth-order valence-corrected chi connectivity index (χ4v) is 2.92.